The first-order valence-corrected chi connectivity index (χ1v) is 12.1. The number of anilines is 2. The van der Waals surface area contributed by atoms with Crippen LogP contribution in [-0.2, 0) is 0 Å². The van der Waals surface area contributed by atoms with Crippen molar-refractivity contribution < 1.29 is 13.9 Å². The summed E-state index contributed by atoms with van der Waals surface area (Å²) < 4.78 is 22.0. The van der Waals surface area contributed by atoms with Crippen molar-refractivity contribution in [3.05, 3.63) is 75.5 Å². The molecule has 0 unspecified atom stereocenters. The second kappa shape index (κ2) is 8.86. The van der Waals surface area contributed by atoms with Crippen LogP contribution in [0.15, 0.2) is 54.9 Å². The van der Waals surface area contributed by atoms with E-state index in [-0.39, 0.29) is 21.4 Å². The monoisotopic (exact) mass is 497 g/mol. The molecule has 1 aliphatic rings. The number of benzene rings is 2. The standard InChI is InChI=1S/C21H18Cl3N3O3S/c22-15-7-14(13-3-1-4-25-12-13)8-16(9-15)26-21(28)18-10-17(11-19(23)20(18)24)27-5-2-6-31(27,29)30/h1,3-4,7-12,29-30H,2,5-6H2,(H,26,28). The quantitative estimate of drug-likeness (QED) is 0.367. The van der Waals surface area contributed by atoms with Crippen molar-refractivity contribution in [2.75, 3.05) is 21.9 Å². The van der Waals surface area contributed by atoms with Crippen LogP contribution in [0, 0.1) is 0 Å². The molecule has 4 rings (SSSR count). The molecule has 0 atom stereocenters. The molecule has 2 aromatic carbocycles. The Kier molecular flexibility index (Phi) is 6.35. The summed E-state index contributed by atoms with van der Waals surface area (Å²) in [4.78, 5) is 17.1. The van der Waals surface area contributed by atoms with Gasteiger partial charge in [-0.25, -0.2) is 0 Å². The van der Waals surface area contributed by atoms with Gasteiger partial charge >= 0.3 is 0 Å². The Balaban J connectivity index is 1.66. The van der Waals surface area contributed by atoms with Gasteiger partial charge in [0.1, 0.15) is 0 Å². The summed E-state index contributed by atoms with van der Waals surface area (Å²) in [5, 5.41) is 3.46. The van der Waals surface area contributed by atoms with Crippen LogP contribution in [0.4, 0.5) is 11.4 Å². The largest absolute Gasteiger partial charge is 0.322 e. The maximum atomic E-state index is 13.0. The molecule has 10 heteroatoms. The lowest BCUT2D eigenvalue weighted by Crippen LogP contribution is -2.22. The molecule has 1 saturated heterocycles. The van der Waals surface area contributed by atoms with E-state index in [2.05, 4.69) is 10.3 Å². The summed E-state index contributed by atoms with van der Waals surface area (Å²) in [5.74, 6) is -0.224. The molecule has 0 aliphatic carbocycles. The molecule has 2 heterocycles. The summed E-state index contributed by atoms with van der Waals surface area (Å²) in [7, 11) is -2.94. The van der Waals surface area contributed by atoms with E-state index in [1.165, 1.54) is 16.4 Å². The van der Waals surface area contributed by atoms with Gasteiger partial charge in [0, 0.05) is 35.2 Å². The molecule has 162 valence electrons. The smallest absolute Gasteiger partial charge is 0.257 e. The van der Waals surface area contributed by atoms with Gasteiger partial charge in [0.2, 0.25) is 0 Å². The lowest BCUT2D eigenvalue weighted by molar-refractivity contribution is 0.102. The summed E-state index contributed by atoms with van der Waals surface area (Å²) in [6.07, 6.45) is 4.00. The molecule has 6 nitrogen and oxygen atoms in total. The van der Waals surface area contributed by atoms with Crippen LogP contribution in [-0.4, -0.2) is 32.3 Å². The minimum absolute atomic E-state index is 0.0769. The minimum Gasteiger partial charge on any atom is -0.322 e. The number of carbonyl (C=O) groups is 1. The van der Waals surface area contributed by atoms with Crippen molar-refractivity contribution in [3.63, 3.8) is 0 Å². The predicted molar refractivity (Wildman–Crippen MR) is 129 cm³/mol. The van der Waals surface area contributed by atoms with Gasteiger partial charge in [0.25, 0.3) is 5.91 Å². The van der Waals surface area contributed by atoms with Crippen LogP contribution in [0.3, 0.4) is 0 Å². The van der Waals surface area contributed by atoms with Gasteiger partial charge in [-0.1, -0.05) is 40.9 Å². The van der Waals surface area contributed by atoms with Crippen molar-refractivity contribution >= 4 is 62.9 Å². The van der Waals surface area contributed by atoms with Crippen LogP contribution in [0.2, 0.25) is 15.1 Å². The molecular weight excluding hydrogens is 481 g/mol. The average molecular weight is 499 g/mol. The maximum absolute atomic E-state index is 13.0. The summed E-state index contributed by atoms with van der Waals surface area (Å²) in [6, 6.07) is 11.9. The fraction of sp³-hybridized carbons (Fsp3) is 0.143. The zero-order valence-electron chi connectivity index (χ0n) is 16.1. The number of pyridine rings is 1. The van der Waals surface area contributed by atoms with Gasteiger partial charge in [-0.15, -0.1) is 10.8 Å². The summed E-state index contributed by atoms with van der Waals surface area (Å²) >= 11 is 18.8. The van der Waals surface area contributed by atoms with E-state index in [1.54, 1.807) is 30.6 Å². The third-order valence-electron chi connectivity index (χ3n) is 4.83. The van der Waals surface area contributed by atoms with Crippen LogP contribution >= 0.6 is 45.6 Å². The fourth-order valence-corrected chi connectivity index (χ4v) is 5.65. The molecule has 0 spiro atoms. The molecule has 1 amide bonds. The fourth-order valence-electron chi connectivity index (χ4n) is 3.40. The number of nitrogens with one attached hydrogen (secondary N) is 1. The topological polar surface area (TPSA) is 85.7 Å². The summed E-state index contributed by atoms with van der Waals surface area (Å²) in [5.41, 5.74) is 2.66. The third kappa shape index (κ3) is 4.77. The number of carbonyl (C=O) groups excluding carboxylic acids is 1. The molecule has 0 saturated carbocycles. The van der Waals surface area contributed by atoms with Gasteiger partial charge in [0.05, 0.1) is 27.0 Å². The SMILES string of the molecule is O=C(Nc1cc(Cl)cc(-c2cccnc2)c1)c1cc(N2CCCS2(O)O)cc(Cl)c1Cl. The third-order valence-corrected chi connectivity index (χ3v) is 7.78. The normalized spacial score (nSPS) is 16.2. The first-order valence-electron chi connectivity index (χ1n) is 9.29. The highest BCUT2D eigenvalue weighted by atomic mass is 35.5. The zero-order chi connectivity index (χ0) is 22.2. The lowest BCUT2D eigenvalue weighted by atomic mass is 10.1. The Morgan fingerprint density at radius 3 is 2.58 bits per heavy atom. The maximum Gasteiger partial charge on any atom is 0.257 e. The number of rotatable bonds is 4. The van der Waals surface area contributed by atoms with Gasteiger partial charge < -0.3 is 5.32 Å². The van der Waals surface area contributed by atoms with Crippen molar-refractivity contribution in [1.82, 2.24) is 4.98 Å². The van der Waals surface area contributed by atoms with Crippen molar-refractivity contribution in [1.29, 1.82) is 0 Å². The molecule has 0 radical (unpaired) electrons. The van der Waals surface area contributed by atoms with E-state index in [0.29, 0.717) is 29.4 Å². The number of hydrogen-bond acceptors (Lipinski definition) is 5. The van der Waals surface area contributed by atoms with Crippen LogP contribution in [0.25, 0.3) is 11.1 Å². The Bertz CT molecular complexity index is 1150. The van der Waals surface area contributed by atoms with E-state index in [1.807, 2.05) is 12.1 Å². The summed E-state index contributed by atoms with van der Waals surface area (Å²) in [6.45, 7) is 0.449. The second-order valence-corrected chi connectivity index (χ2v) is 10.3. The average Bonchev–Trinajstić information content (AvgIpc) is 3.09. The first kappa shape index (κ1) is 22.2. The van der Waals surface area contributed by atoms with Crippen molar-refractivity contribution in [2.24, 2.45) is 0 Å². The van der Waals surface area contributed by atoms with Crippen molar-refractivity contribution in [3.8, 4) is 11.1 Å². The zero-order valence-corrected chi connectivity index (χ0v) is 19.1. The number of nitrogens with zero attached hydrogens (tertiary/aromatic N) is 2. The highest BCUT2D eigenvalue weighted by Crippen LogP contribution is 2.52. The van der Waals surface area contributed by atoms with Gasteiger partial charge in [-0.3, -0.25) is 23.2 Å². The van der Waals surface area contributed by atoms with Crippen LogP contribution < -0.4 is 9.62 Å². The lowest BCUT2D eigenvalue weighted by Gasteiger charge is -2.38. The van der Waals surface area contributed by atoms with Gasteiger partial charge in [-0.2, -0.15) is 0 Å². The molecule has 3 aromatic rings. The highest BCUT2D eigenvalue weighted by molar-refractivity contribution is 8.25. The Morgan fingerprint density at radius 2 is 1.90 bits per heavy atom. The Hall–Kier alpha value is -2.00. The molecule has 1 aliphatic heterocycles. The molecular formula is C21H18Cl3N3O3S. The van der Waals surface area contributed by atoms with Gasteiger partial charge in [-0.05, 0) is 48.4 Å². The predicted octanol–water partition coefficient (Wildman–Crippen LogP) is 6.84. The number of halogens is 3. The van der Waals surface area contributed by atoms with E-state index >= 15 is 0 Å². The molecule has 0 bridgehead atoms. The second-order valence-electron chi connectivity index (χ2n) is 7.01. The van der Waals surface area contributed by atoms with E-state index in [0.717, 1.165) is 11.1 Å². The van der Waals surface area contributed by atoms with E-state index < -0.39 is 16.7 Å². The molecule has 31 heavy (non-hydrogen) atoms. The number of hydrogen-bond donors (Lipinski definition) is 3. The van der Waals surface area contributed by atoms with E-state index in [9.17, 15) is 13.9 Å². The minimum atomic E-state index is -2.94. The number of amides is 1. The number of aromatic nitrogens is 1. The Labute approximate surface area is 196 Å². The van der Waals surface area contributed by atoms with Crippen LogP contribution in [0.5, 0.6) is 0 Å². The highest BCUT2D eigenvalue weighted by Gasteiger charge is 2.30. The molecule has 3 N–H and O–H groups in total. The van der Waals surface area contributed by atoms with Crippen LogP contribution in [0.1, 0.15) is 16.8 Å². The molecule has 1 aromatic heterocycles. The molecule has 1 fully saturated rings. The van der Waals surface area contributed by atoms with Crippen molar-refractivity contribution in [2.45, 2.75) is 6.42 Å². The van der Waals surface area contributed by atoms with E-state index in [4.69, 9.17) is 34.8 Å². The first-order chi connectivity index (χ1) is 14.7. The van der Waals surface area contributed by atoms with Gasteiger partial charge in [0.15, 0.2) is 0 Å². The Morgan fingerprint density at radius 1 is 1.10 bits per heavy atom.